The maximum atomic E-state index is 10.8. The van der Waals surface area contributed by atoms with Gasteiger partial charge < -0.3 is 11.5 Å². The number of nitrogens with zero attached hydrogens (tertiary/aromatic N) is 3. The Balaban J connectivity index is 3.44. The van der Waals surface area contributed by atoms with Crippen LogP contribution in [-0.2, 0) is 0 Å². The highest BCUT2D eigenvalue weighted by atomic mass is 16.1. The van der Waals surface area contributed by atoms with Crippen molar-refractivity contribution in [1.29, 1.82) is 5.26 Å². The van der Waals surface area contributed by atoms with Crippen LogP contribution in [0.5, 0.6) is 0 Å². The van der Waals surface area contributed by atoms with E-state index in [4.69, 9.17) is 16.7 Å². The van der Waals surface area contributed by atoms with E-state index in [0.717, 1.165) is 0 Å². The molecular weight excluding hydrogens is 170 g/mol. The zero-order valence-electron chi connectivity index (χ0n) is 6.90. The molecule has 0 aliphatic carbocycles. The lowest BCUT2D eigenvalue weighted by Gasteiger charge is -2.01. The van der Waals surface area contributed by atoms with Crippen molar-refractivity contribution < 1.29 is 4.79 Å². The Kier molecular flexibility index (Phi) is 2.11. The smallest absolute Gasteiger partial charge is 0.270 e. The van der Waals surface area contributed by atoms with Gasteiger partial charge in [0.1, 0.15) is 11.9 Å². The summed E-state index contributed by atoms with van der Waals surface area (Å²) in [5.74, 6) is -0.705. The number of aromatic nitrogens is 2. The number of primary amides is 1. The van der Waals surface area contributed by atoms with Crippen LogP contribution in [0, 0.1) is 18.3 Å². The number of nitrogens with two attached hydrogens (primary N) is 2. The third-order valence-corrected chi connectivity index (χ3v) is 1.45. The Morgan fingerprint density at radius 1 is 1.54 bits per heavy atom. The molecule has 1 aromatic heterocycles. The van der Waals surface area contributed by atoms with Gasteiger partial charge in [-0.15, -0.1) is 0 Å². The van der Waals surface area contributed by atoms with Crippen LogP contribution in [0.1, 0.15) is 21.9 Å². The summed E-state index contributed by atoms with van der Waals surface area (Å²) in [4.78, 5) is 18.2. The fraction of sp³-hybridized carbons (Fsp3) is 0.143. The van der Waals surface area contributed by atoms with Gasteiger partial charge in [0.25, 0.3) is 5.91 Å². The second-order valence-corrected chi connectivity index (χ2v) is 2.37. The summed E-state index contributed by atoms with van der Waals surface area (Å²) in [6.45, 7) is 1.59. The predicted octanol–water partition coefficient (Wildman–Crippen LogP) is -0.662. The van der Waals surface area contributed by atoms with Crippen molar-refractivity contribution in [2.75, 3.05) is 5.73 Å². The van der Waals surface area contributed by atoms with Crippen LogP contribution >= 0.6 is 0 Å². The highest BCUT2D eigenvalue weighted by Crippen LogP contribution is 2.08. The molecule has 13 heavy (non-hydrogen) atoms. The van der Waals surface area contributed by atoms with E-state index in [1.54, 1.807) is 13.0 Å². The summed E-state index contributed by atoms with van der Waals surface area (Å²) in [6.07, 6.45) is 0. The zero-order chi connectivity index (χ0) is 10.0. The number of nitriles is 1. The molecule has 0 radical (unpaired) electrons. The van der Waals surface area contributed by atoms with Crippen molar-refractivity contribution in [3.05, 3.63) is 17.1 Å². The molecule has 4 N–H and O–H groups in total. The van der Waals surface area contributed by atoms with Crippen molar-refractivity contribution in [3.63, 3.8) is 0 Å². The SMILES string of the molecule is Cc1nc(C#N)c(C(N)=O)nc1N. The van der Waals surface area contributed by atoms with E-state index in [0.29, 0.717) is 5.69 Å². The summed E-state index contributed by atoms with van der Waals surface area (Å²) in [5.41, 5.74) is 10.5. The third kappa shape index (κ3) is 1.54. The molecular formula is C7H7N5O. The number of rotatable bonds is 1. The molecule has 66 valence electrons. The normalized spacial score (nSPS) is 9.23. The van der Waals surface area contributed by atoms with Gasteiger partial charge in [-0.3, -0.25) is 4.79 Å². The molecule has 1 rings (SSSR count). The first-order valence-electron chi connectivity index (χ1n) is 3.40. The second kappa shape index (κ2) is 3.06. The minimum absolute atomic E-state index is 0.0980. The third-order valence-electron chi connectivity index (χ3n) is 1.45. The van der Waals surface area contributed by atoms with E-state index >= 15 is 0 Å². The zero-order valence-corrected chi connectivity index (χ0v) is 6.90. The van der Waals surface area contributed by atoms with Gasteiger partial charge in [0.15, 0.2) is 11.4 Å². The first-order chi connectivity index (χ1) is 6.06. The van der Waals surface area contributed by atoms with E-state index in [9.17, 15) is 4.79 Å². The topological polar surface area (TPSA) is 119 Å². The molecule has 0 unspecified atom stereocenters. The fourth-order valence-electron chi connectivity index (χ4n) is 0.782. The summed E-state index contributed by atoms with van der Waals surface area (Å²) in [5, 5.41) is 8.58. The standard InChI is InChI=1S/C7H7N5O/c1-3-6(9)12-5(7(10)13)4(2-8)11-3/h1H3,(H2,9,12)(H2,10,13). The van der Waals surface area contributed by atoms with Gasteiger partial charge >= 0.3 is 0 Å². The average Bonchev–Trinajstić information content (AvgIpc) is 2.08. The molecule has 0 aliphatic heterocycles. The van der Waals surface area contributed by atoms with Gasteiger partial charge in [0.2, 0.25) is 0 Å². The Morgan fingerprint density at radius 3 is 2.62 bits per heavy atom. The number of hydrogen-bond donors (Lipinski definition) is 2. The largest absolute Gasteiger partial charge is 0.382 e. The number of nitrogen functional groups attached to an aromatic ring is 1. The second-order valence-electron chi connectivity index (χ2n) is 2.37. The maximum absolute atomic E-state index is 10.8. The molecule has 6 nitrogen and oxygen atoms in total. The monoisotopic (exact) mass is 177 g/mol. The average molecular weight is 177 g/mol. The highest BCUT2D eigenvalue weighted by molar-refractivity contribution is 5.93. The van der Waals surface area contributed by atoms with Crippen LogP contribution in [0.2, 0.25) is 0 Å². The quantitative estimate of drug-likeness (QED) is 0.590. The van der Waals surface area contributed by atoms with Crippen LogP contribution < -0.4 is 11.5 Å². The van der Waals surface area contributed by atoms with Gasteiger partial charge in [-0.05, 0) is 6.92 Å². The van der Waals surface area contributed by atoms with E-state index in [1.165, 1.54) is 0 Å². The number of amides is 1. The Morgan fingerprint density at radius 2 is 2.15 bits per heavy atom. The first-order valence-corrected chi connectivity index (χ1v) is 3.40. The van der Waals surface area contributed by atoms with E-state index in [2.05, 4.69) is 9.97 Å². The molecule has 6 heteroatoms. The Hall–Kier alpha value is -2.16. The summed E-state index contributed by atoms with van der Waals surface area (Å²) in [6, 6.07) is 1.71. The van der Waals surface area contributed by atoms with Crippen LogP contribution in [0.25, 0.3) is 0 Å². The number of anilines is 1. The number of carbonyl (C=O) groups is 1. The summed E-state index contributed by atoms with van der Waals surface area (Å²) in [7, 11) is 0. The molecule has 0 aliphatic rings. The van der Waals surface area contributed by atoms with Crippen molar-refractivity contribution in [2.45, 2.75) is 6.92 Å². The van der Waals surface area contributed by atoms with Crippen molar-refractivity contribution in [2.24, 2.45) is 5.73 Å². The van der Waals surface area contributed by atoms with E-state index < -0.39 is 5.91 Å². The Labute approximate surface area is 74.2 Å². The van der Waals surface area contributed by atoms with Gasteiger partial charge in [-0.2, -0.15) is 5.26 Å². The van der Waals surface area contributed by atoms with Crippen LogP contribution in [0.15, 0.2) is 0 Å². The summed E-state index contributed by atoms with van der Waals surface area (Å²) >= 11 is 0. The molecule has 0 fully saturated rings. The lowest BCUT2D eigenvalue weighted by Crippen LogP contribution is -2.18. The minimum Gasteiger partial charge on any atom is -0.382 e. The van der Waals surface area contributed by atoms with E-state index in [1.807, 2.05) is 0 Å². The van der Waals surface area contributed by atoms with Gasteiger partial charge in [-0.1, -0.05) is 0 Å². The molecule has 1 aromatic rings. The number of aryl methyl sites for hydroxylation is 1. The molecule has 0 saturated carbocycles. The lowest BCUT2D eigenvalue weighted by molar-refractivity contribution is 0.0995. The molecule has 0 atom stereocenters. The molecule has 1 heterocycles. The number of hydrogen-bond acceptors (Lipinski definition) is 5. The van der Waals surface area contributed by atoms with Crippen LogP contribution in [0.3, 0.4) is 0 Å². The van der Waals surface area contributed by atoms with Gasteiger partial charge in [-0.25, -0.2) is 9.97 Å². The maximum Gasteiger partial charge on any atom is 0.270 e. The van der Waals surface area contributed by atoms with Crippen molar-refractivity contribution >= 4 is 11.7 Å². The minimum atomic E-state index is -0.809. The van der Waals surface area contributed by atoms with Crippen LogP contribution in [-0.4, -0.2) is 15.9 Å². The molecule has 1 amide bonds. The molecule has 0 spiro atoms. The number of carbonyl (C=O) groups excluding carboxylic acids is 1. The van der Waals surface area contributed by atoms with Crippen molar-refractivity contribution in [1.82, 2.24) is 9.97 Å². The predicted molar refractivity (Wildman–Crippen MR) is 44.4 cm³/mol. The van der Waals surface area contributed by atoms with Crippen molar-refractivity contribution in [3.8, 4) is 6.07 Å². The first kappa shape index (κ1) is 8.93. The van der Waals surface area contributed by atoms with Crippen LogP contribution in [0.4, 0.5) is 5.82 Å². The fourth-order valence-corrected chi connectivity index (χ4v) is 0.782. The summed E-state index contributed by atoms with van der Waals surface area (Å²) < 4.78 is 0. The Bertz CT molecular complexity index is 406. The lowest BCUT2D eigenvalue weighted by atomic mass is 10.3. The molecule has 0 bridgehead atoms. The molecule has 0 aromatic carbocycles. The van der Waals surface area contributed by atoms with E-state index in [-0.39, 0.29) is 17.2 Å². The molecule has 0 saturated heterocycles. The van der Waals surface area contributed by atoms with Gasteiger partial charge in [0, 0.05) is 0 Å². The van der Waals surface area contributed by atoms with Gasteiger partial charge in [0.05, 0.1) is 5.69 Å². The highest BCUT2D eigenvalue weighted by Gasteiger charge is 2.13.